The van der Waals surface area contributed by atoms with Crippen molar-refractivity contribution >= 4 is 5.82 Å². The summed E-state index contributed by atoms with van der Waals surface area (Å²) in [5.41, 5.74) is 1.25. The highest BCUT2D eigenvalue weighted by atomic mass is 15.2. The van der Waals surface area contributed by atoms with Gasteiger partial charge in [0.15, 0.2) is 0 Å². The van der Waals surface area contributed by atoms with E-state index in [4.69, 9.17) is 0 Å². The van der Waals surface area contributed by atoms with E-state index in [9.17, 15) is 0 Å². The van der Waals surface area contributed by atoms with E-state index < -0.39 is 0 Å². The van der Waals surface area contributed by atoms with Crippen LogP contribution in [0.25, 0.3) is 0 Å². The lowest BCUT2D eigenvalue weighted by Gasteiger charge is -2.22. The van der Waals surface area contributed by atoms with E-state index in [1.54, 1.807) is 0 Å². The summed E-state index contributed by atoms with van der Waals surface area (Å²) in [6, 6.07) is 4.66. The van der Waals surface area contributed by atoms with Crippen molar-refractivity contribution < 1.29 is 0 Å². The third kappa shape index (κ3) is 4.30. The molecular weight excluding hydrogens is 222 g/mol. The second-order valence-corrected chi connectivity index (χ2v) is 5.12. The number of nitrogens with zero attached hydrogens (tertiary/aromatic N) is 2. The molecule has 0 aliphatic rings. The van der Waals surface area contributed by atoms with Gasteiger partial charge in [-0.15, -0.1) is 0 Å². The van der Waals surface area contributed by atoms with Crippen LogP contribution in [0, 0.1) is 5.92 Å². The van der Waals surface area contributed by atoms with Gasteiger partial charge in [-0.05, 0) is 31.0 Å². The first-order valence-corrected chi connectivity index (χ1v) is 6.98. The van der Waals surface area contributed by atoms with Gasteiger partial charge in [-0.1, -0.05) is 33.3 Å². The monoisotopic (exact) mass is 249 g/mol. The van der Waals surface area contributed by atoms with Gasteiger partial charge in [0, 0.05) is 25.8 Å². The number of hydrogen-bond acceptors (Lipinski definition) is 3. The number of hydrogen-bond donors (Lipinski definition) is 1. The van der Waals surface area contributed by atoms with E-state index in [0.717, 1.165) is 18.9 Å². The van der Waals surface area contributed by atoms with E-state index >= 15 is 0 Å². The molecule has 0 aromatic carbocycles. The summed E-state index contributed by atoms with van der Waals surface area (Å²) >= 11 is 0. The first-order valence-electron chi connectivity index (χ1n) is 6.98. The van der Waals surface area contributed by atoms with Crippen LogP contribution >= 0.6 is 0 Å². The standard InChI is InChI=1S/C15H27N3/c1-6-12(3)11-18(5)15-9-8-14(10-17-15)13(4)16-7-2/h8-10,12-13,16H,6-7,11H2,1-5H3. The number of pyridine rings is 1. The van der Waals surface area contributed by atoms with Crippen LogP contribution < -0.4 is 10.2 Å². The summed E-state index contributed by atoms with van der Waals surface area (Å²) in [6.45, 7) is 10.8. The third-order valence-corrected chi connectivity index (χ3v) is 3.45. The van der Waals surface area contributed by atoms with Gasteiger partial charge in [-0.3, -0.25) is 0 Å². The molecule has 0 saturated heterocycles. The molecule has 2 atom stereocenters. The van der Waals surface area contributed by atoms with Crippen LogP contribution in [0.15, 0.2) is 18.3 Å². The molecule has 102 valence electrons. The van der Waals surface area contributed by atoms with Crippen LogP contribution in [0.5, 0.6) is 0 Å². The van der Waals surface area contributed by atoms with E-state index in [-0.39, 0.29) is 0 Å². The summed E-state index contributed by atoms with van der Waals surface area (Å²) in [4.78, 5) is 6.79. The van der Waals surface area contributed by atoms with Gasteiger partial charge in [0.25, 0.3) is 0 Å². The number of nitrogens with one attached hydrogen (secondary N) is 1. The predicted octanol–water partition coefficient (Wildman–Crippen LogP) is 3.23. The zero-order chi connectivity index (χ0) is 13.5. The Bertz CT molecular complexity index is 334. The molecule has 1 aromatic rings. The molecule has 0 radical (unpaired) electrons. The van der Waals surface area contributed by atoms with Gasteiger partial charge in [0.05, 0.1) is 0 Å². The molecule has 1 rings (SSSR count). The van der Waals surface area contributed by atoms with Crippen molar-refractivity contribution in [3.63, 3.8) is 0 Å². The number of rotatable bonds is 7. The van der Waals surface area contributed by atoms with Crippen molar-refractivity contribution in [2.45, 2.75) is 40.2 Å². The van der Waals surface area contributed by atoms with Crippen LogP contribution in [0.1, 0.15) is 45.7 Å². The highest BCUT2D eigenvalue weighted by Gasteiger charge is 2.08. The predicted molar refractivity (Wildman–Crippen MR) is 79.1 cm³/mol. The molecule has 0 spiro atoms. The molecule has 2 unspecified atom stereocenters. The number of aromatic nitrogens is 1. The zero-order valence-electron chi connectivity index (χ0n) is 12.4. The Kier molecular flexibility index (Phi) is 6.13. The minimum Gasteiger partial charge on any atom is -0.359 e. The van der Waals surface area contributed by atoms with Crippen molar-refractivity contribution in [3.8, 4) is 0 Å². The van der Waals surface area contributed by atoms with Crippen molar-refractivity contribution in [1.29, 1.82) is 0 Å². The van der Waals surface area contributed by atoms with Gasteiger partial charge in [0.1, 0.15) is 5.82 Å². The van der Waals surface area contributed by atoms with E-state index in [0.29, 0.717) is 12.0 Å². The Labute approximate surface area is 112 Å². The molecule has 1 N–H and O–H groups in total. The minimum absolute atomic E-state index is 0.372. The molecule has 1 aromatic heterocycles. The maximum absolute atomic E-state index is 4.56. The Morgan fingerprint density at radius 2 is 2.00 bits per heavy atom. The maximum Gasteiger partial charge on any atom is 0.128 e. The first-order chi connectivity index (χ1) is 8.58. The molecule has 18 heavy (non-hydrogen) atoms. The molecule has 0 amide bonds. The summed E-state index contributed by atoms with van der Waals surface area (Å²) in [7, 11) is 2.11. The topological polar surface area (TPSA) is 28.2 Å². The van der Waals surface area contributed by atoms with Gasteiger partial charge in [0.2, 0.25) is 0 Å². The Balaban J connectivity index is 2.64. The lowest BCUT2D eigenvalue weighted by atomic mass is 10.1. The van der Waals surface area contributed by atoms with Crippen LogP contribution in [-0.4, -0.2) is 25.1 Å². The fourth-order valence-electron chi connectivity index (χ4n) is 1.99. The third-order valence-electron chi connectivity index (χ3n) is 3.45. The van der Waals surface area contributed by atoms with E-state index in [2.05, 4.69) is 62.1 Å². The molecule has 0 saturated carbocycles. The highest BCUT2D eigenvalue weighted by molar-refractivity contribution is 5.38. The lowest BCUT2D eigenvalue weighted by Crippen LogP contribution is -2.24. The molecule has 1 heterocycles. The van der Waals surface area contributed by atoms with Crippen LogP contribution in [0.3, 0.4) is 0 Å². The fraction of sp³-hybridized carbons (Fsp3) is 0.667. The number of anilines is 1. The van der Waals surface area contributed by atoms with Crippen molar-refractivity contribution in [3.05, 3.63) is 23.9 Å². The molecule has 3 heteroatoms. The Morgan fingerprint density at radius 1 is 1.28 bits per heavy atom. The molecule has 0 aliphatic heterocycles. The van der Waals surface area contributed by atoms with E-state index in [1.807, 2.05) is 6.20 Å². The van der Waals surface area contributed by atoms with Crippen LogP contribution in [0.2, 0.25) is 0 Å². The average molecular weight is 249 g/mol. The second kappa shape index (κ2) is 7.37. The lowest BCUT2D eigenvalue weighted by molar-refractivity contribution is 0.557. The van der Waals surface area contributed by atoms with Crippen LogP contribution in [-0.2, 0) is 0 Å². The Morgan fingerprint density at radius 3 is 2.50 bits per heavy atom. The van der Waals surface area contributed by atoms with E-state index in [1.165, 1.54) is 12.0 Å². The molecule has 3 nitrogen and oxygen atoms in total. The van der Waals surface area contributed by atoms with Gasteiger partial charge in [-0.25, -0.2) is 4.98 Å². The molecular formula is C15H27N3. The average Bonchev–Trinajstić information content (AvgIpc) is 2.39. The fourth-order valence-corrected chi connectivity index (χ4v) is 1.99. The largest absolute Gasteiger partial charge is 0.359 e. The minimum atomic E-state index is 0.372. The van der Waals surface area contributed by atoms with Gasteiger partial charge in [-0.2, -0.15) is 0 Å². The highest BCUT2D eigenvalue weighted by Crippen LogP contribution is 2.16. The summed E-state index contributed by atoms with van der Waals surface area (Å²) < 4.78 is 0. The molecule has 0 bridgehead atoms. The summed E-state index contributed by atoms with van der Waals surface area (Å²) in [5, 5.41) is 3.40. The first kappa shape index (κ1) is 15.0. The second-order valence-electron chi connectivity index (χ2n) is 5.12. The summed E-state index contributed by atoms with van der Waals surface area (Å²) in [6.07, 6.45) is 3.19. The van der Waals surface area contributed by atoms with Crippen molar-refractivity contribution in [2.75, 3.05) is 25.0 Å². The van der Waals surface area contributed by atoms with Crippen LogP contribution in [0.4, 0.5) is 5.82 Å². The Hall–Kier alpha value is -1.09. The smallest absolute Gasteiger partial charge is 0.128 e. The van der Waals surface area contributed by atoms with Gasteiger partial charge >= 0.3 is 0 Å². The maximum atomic E-state index is 4.56. The van der Waals surface area contributed by atoms with Crippen molar-refractivity contribution in [1.82, 2.24) is 10.3 Å². The summed E-state index contributed by atoms with van der Waals surface area (Å²) in [5.74, 6) is 1.76. The molecule has 0 fully saturated rings. The van der Waals surface area contributed by atoms with Crippen molar-refractivity contribution in [2.24, 2.45) is 5.92 Å². The zero-order valence-corrected chi connectivity index (χ0v) is 12.4. The normalized spacial score (nSPS) is 14.3. The quantitative estimate of drug-likeness (QED) is 0.804. The van der Waals surface area contributed by atoms with Gasteiger partial charge < -0.3 is 10.2 Å². The SMILES string of the molecule is CCNC(C)c1ccc(N(C)CC(C)CC)nc1. The molecule has 0 aliphatic carbocycles.